The van der Waals surface area contributed by atoms with Crippen LogP contribution in [0.25, 0.3) is 11.5 Å². The third-order valence-electron chi connectivity index (χ3n) is 3.13. The first-order valence-electron chi connectivity index (χ1n) is 6.51. The molecule has 0 atom stereocenters. The van der Waals surface area contributed by atoms with Crippen LogP contribution < -0.4 is 0 Å². The Morgan fingerprint density at radius 1 is 1.24 bits per heavy atom. The smallest absolute Gasteiger partial charge is 0.337 e. The van der Waals surface area contributed by atoms with E-state index < -0.39 is 0 Å². The standard InChI is InChI=1S/C16H14N2O3/c1-20-16(19)13-6-4-12(5-7-13)11-18-9-8-14(17-18)15-3-2-10-21-15/h2-10H,11H2,1H3. The number of carbonyl (C=O) groups is 1. The highest BCUT2D eigenvalue weighted by atomic mass is 16.5. The zero-order valence-electron chi connectivity index (χ0n) is 11.5. The van der Waals surface area contributed by atoms with E-state index in [0.29, 0.717) is 12.1 Å². The Bertz CT molecular complexity index is 727. The van der Waals surface area contributed by atoms with E-state index in [1.807, 2.05) is 41.2 Å². The fraction of sp³-hybridized carbons (Fsp3) is 0.125. The number of aromatic nitrogens is 2. The second-order valence-electron chi connectivity index (χ2n) is 4.56. The van der Waals surface area contributed by atoms with Crippen LogP contribution in [0.2, 0.25) is 0 Å². The minimum absolute atomic E-state index is 0.333. The number of hydrogen-bond acceptors (Lipinski definition) is 4. The Morgan fingerprint density at radius 2 is 2.05 bits per heavy atom. The summed E-state index contributed by atoms with van der Waals surface area (Å²) in [7, 11) is 1.37. The average Bonchev–Trinajstić information content (AvgIpc) is 3.18. The van der Waals surface area contributed by atoms with Crippen molar-refractivity contribution >= 4 is 5.97 Å². The summed E-state index contributed by atoms with van der Waals surface area (Å²) >= 11 is 0. The van der Waals surface area contributed by atoms with Crippen LogP contribution >= 0.6 is 0 Å². The van der Waals surface area contributed by atoms with Gasteiger partial charge in [-0.25, -0.2) is 4.79 Å². The molecule has 5 heteroatoms. The van der Waals surface area contributed by atoms with Gasteiger partial charge in [-0.15, -0.1) is 0 Å². The van der Waals surface area contributed by atoms with Crippen molar-refractivity contribution in [2.75, 3.05) is 7.11 Å². The van der Waals surface area contributed by atoms with Gasteiger partial charge in [0.1, 0.15) is 5.69 Å². The number of furan rings is 1. The SMILES string of the molecule is COC(=O)c1ccc(Cn2ccc(-c3ccco3)n2)cc1. The van der Waals surface area contributed by atoms with Gasteiger partial charge in [-0.1, -0.05) is 12.1 Å². The van der Waals surface area contributed by atoms with Gasteiger partial charge in [0.15, 0.2) is 5.76 Å². The van der Waals surface area contributed by atoms with Crippen LogP contribution in [-0.4, -0.2) is 22.9 Å². The maximum absolute atomic E-state index is 11.4. The minimum atomic E-state index is -0.333. The lowest BCUT2D eigenvalue weighted by atomic mass is 10.1. The molecule has 0 amide bonds. The molecule has 0 aliphatic carbocycles. The Balaban J connectivity index is 1.73. The molecule has 106 valence electrons. The number of hydrogen-bond donors (Lipinski definition) is 0. The number of methoxy groups -OCH3 is 1. The second-order valence-corrected chi connectivity index (χ2v) is 4.56. The zero-order chi connectivity index (χ0) is 14.7. The molecule has 2 heterocycles. The van der Waals surface area contributed by atoms with Crippen molar-refractivity contribution in [2.45, 2.75) is 6.54 Å². The van der Waals surface area contributed by atoms with Crippen LogP contribution in [0.1, 0.15) is 15.9 Å². The Labute approximate surface area is 121 Å². The molecule has 3 rings (SSSR count). The highest BCUT2D eigenvalue weighted by Gasteiger charge is 2.07. The lowest BCUT2D eigenvalue weighted by molar-refractivity contribution is 0.0600. The highest BCUT2D eigenvalue weighted by Crippen LogP contribution is 2.17. The van der Waals surface area contributed by atoms with Crippen LogP contribution in [0, 0.1) is 0 Å². The minimum Gasteiger partial charge on any atom is -0.465 e. The molecule has 21 heavy (non-hydrogen) atoms. The molecule has 1 aromatic carbocycles. The molecule has 0 aliphatic heterocycles. The number of esters is 1. The van der Waals surface area contributed by atoms with Gasteiger partial charge in [0.2, 0.25) is 0 Å². The van der Waals surface area contributed by atoms with Crippen molar-refractivity contribution in [3.05, 3.63) is 66.1 Å². The van der Waals surface area contributed by atoms with Gasteiger partial charge in [0.05, 0.1) is 25.5 Å². The van der Waals surface area contributed by atoms with E-state index in [0.717, 1.165) is 17.0 Å². The van der Waals surface area contributed by atoms with Gasteiger partial charge in [-0.05, 0) is 35.9 Å². The van der Waals surface area contributed by atoms with Crippen molar-refractivity contribution in [1.82, 2.24) is 9.78 Å². The molecule has 0 fully saturated rings. The van der Waals surface area contributed by atoms with E-state index in [4.69, 9.17) is 4.42 Å². The summed E-state index contributed by atoms with van der Waals surface area (Å²) in [4.78, 5) is 11.4. The maximum Gasteiger partial charge on any atom is 0.337 e. The largest absolute Gasteiger partial charge is 0.465 e. The molecular weight excluding hydrogens is 268 g/mol. The molecule has 3 aromatic rings. The van der Waals surface area contributed by atoms with Gasteiger partial charge in [0.25, 0.3) is 0 Å². The summed E-state index contributed by atoms with van der Waals surface area (Å²) < 4.78 is 11.8. The number of rotatable bonds is 4. The first-order valence-corrected chi connectivity index (χ1v) is 6.51. The molecule has 5 nitrogen and oxygen atoms in total. The third kappa shape index (κ3) is 2.86. The predicted molar refractivity (Wildman–Crippen MR) is 76.8 cm³/mol. The van der Waals surface area contributed by atoms with E-state index in [-0.39, 0.29) is 5.97 Å². The van der Waals surface area contributed by atoms with Gasteiger partial charge in [-0.3, -0.25) is 4.68 Å². The van der Waals surface area contributed by atoms with Crippen molar-refractivity contribution < 1.29 is 13.9 Å². The van der Waals surface area contributed by atoms with Crippen LogP contribution in [0.4, 0.5) is 0 Å². The van der Waals surface area contributed by atoms with E-state index in [9.17, 15) is 4.79 Å². The predicted octanol–water partition coefficient (Wildman–Crippen LogP) is 2.98. The molecule has 0 aliphatic rings. The van der Waals surface area contributed by atoms with Gasteiger partial charge in [0, 0.05) is 6.20 Å². The fourth-order valence-corrected chi connectivity index (χ4v) is 2.06. The first-order chi connectivity index (χ1) is 10.3. The molecule has 0 N–H and O–H groups in total. The van der Waals surface area contributed by atoms with Crippen LogP contribution in [0.3, 0.4) is 0 Å². The monoisotopic (exact) mass is 282 g/mol. The van der Waals surface area contributed by atoms with Crippen LogP contribution in [0.15, 0.2) is 59.3 Å². The Morgan fingerprint density at radius 3 is 2.71 bits per heavy atom. The van der Waals surface area contributed by atoms with E-state index in [1.54, 1.807) is 18.4 Å². The third-order valence-corrected chi connectivity index (χ3v) is 3.13. The average molecular weight is 282 g/mol. The Hall–Kier alpha value is -2.82. The molecule has 0 unspecified atom stereocenters. The van der Waals surface area contributed by atoms with Gasteiger partial charge in [-0.2, -0.15) is 5.10 Å². The van der Waals surface area contributed by atoms with Crippen molar-refractivity contribution in [1.29, 1.82) is 0 Å². The fourth-order valence-electron chi connectivity index (χ4n) is 2.06. The second kappa shape index (κ2) is 5.66. The van der Waals surface area contributed by atoms with Crippen molar-refractivity contribution in [3.63, 3.8) is 0 Å². The van der Waals surface area contributed by atoms with E-state index in [2.05, 4.69) is 9.84 Å². The summed E-state index contributed by atoms with van der Waals surface area (Å²) in [6, 6.07) is 12.9. The first kappa shape index (κ1) is 13.2. The number of benzene rings is 1. The quantitative estimate of drug-likeness (QED) is 0.690. The maximum atomic E-state index is 11.4. The van der Waals surface area contributed by atoms with Crippen LogP contribution in [-0.2, 0) is 11.3 Å². The molecule has 2 aromatic heterocycles. The van der Waals surface area contributed by atoms with Gasteiger partial charge >= 0.3 is 5.97 Å². The van der Waals surface area contributed by atoms with E-state index >= 15 is 0 Å². The number of nitrogens with zero attached hydrogens (tertiary/aromatic N) is 2. The number of ether oxygens (including phenoxy) is 1. The normalized spacial score (nSPS) is 10.5. The van der Waals surface area contributed by atoms with Gasteiger partial charge < -0.3 is 9.15 Å². The Kier molecular flexibility index (Phi) is 3.55. The summed E-state index contributed by atoms with van der Waals surface area (Å²) in [6.07, 6.45) is 3.52. The summed E-state index contributed by atoms with van der Waals surface area (Å²) in [6.45, 7) is 0.627. The molecule has 0 radical (unpaired) electrons. The summed E-state index contributed by atoms with van der Waals surface area (Å²) in [5, 5.41) is 4.45. The molecular formula is C16H14N2O3. The topological polar surface area (TPSA) is 57.3 Å². The van der Waals surface area contributed by atoms with Crippen molar-refractivity contribution in [2.24, 2.45) is 0 Å². The van der Waals surface area contributed by atoms with Crippen LogP contribution in [0.5, 0.6) is 0 Å². The molecule has 0 saturated carbocycles. The molecule has 0 spiro atoms. The molecule has 0 saturated heterocycles. The van der Waals surface area contributed by atoms with Crippen molar-refractivity contribution in [3.8, 4) is 11.5 Å². The molecule has 0 bridgehead atoms. The summed E-state index contributed by atoms with van der Waals surface area (Å²) in [5.74, 6) is 0.413. The summed E-state index contributed by atoms with van der Waals surface area (Å²) in [5.41, 5.74) is 2.39. The zero-order valence-corrected chi connectivity index (χ0v) is 11.5. The lowest BCUT2D eigenvalue weighted by Crippen LogP contribution is -2.03. The highest BCUT2D eigenvalue weighted by molar-refractivity contribution is 5.89. The number of carbonyl (C=O) groups excluding carboxylic acids is 1. The van der Waals surface area contributed by atoms with E-state index in [1.165, 1.54) is 7.11 Å². The lowest BCUT2D eigenvalue weighted by Gasteiger charge is -2.03.